The number of esters is 1. The van der Waals surface area contributed by atoms with E-state index in [1.807, 2.05) is 0 Å². The molecule has 31 heavy (non-hydrogen) atoms. The van der Waals surface area contributed by atoms with E-state index in [-0.39, 0.29) is 22.7 Å². The van der Waals surface area contributed by atoms with Crippen LogP contribution in [-0.4, -0.2) is 38.1 Å². The molecule has 1 aliphatic heterocycles. The van der Waals surface area contributed by atoms with Gasteiger partial charge in [-0.05, 0) is 18.2 Å². The zero-order valence-electron chi connectivity index (χ0n) is 16.0. The molecule has 1 heterocycles. The molecule has 0 aliphatic carbocycles. The molecule has 0 unspecified atom stereocenters. The molecule has 3 rings (SSSR count). The van der Waals surface area contributed by atoms with Crippen molar-refractivity contribution in [1.29, 1.82) is 0 Å². The van der Waals surface area contributed by atoms with Crippen molar-refractivity contribution in [3.63, 3.8) is 0 Å². The first kappa shape index (κ1) is 22.5. The molecular weight excluding hydrogens is 443 g/mol. The number of ether oxygens (including phenoxy) is 4. The van der Waals surface area contributed by atoms with Crippen molar-refractivity contribution >= 4 is 23.5 Å². The van der Waals surface area contributed by atoms with E-state index in [2.05, 4.69) is 10.1 Å². The quantitative estimate of drug-likeness (QED) is 0.660. The molecule has 0 radical (unpaired) electrons. The van der Waals surface area contributed by atoms with Crippen molar-refractivity contribution in [1.82, 2.24) is 5.32 Å². The maximum Gasteiger partial charge on any atom is 0.573 e. The number of alkyl halides is 3. The standard InChI is InChI=1S/C20H17ClF3NO6/c21-14-8-13(9-16-18(14)29-7-3-6-28-16)19(27)30-11-17(26)25-10-12-4-1-2-5-15(12)31-20(22,23)24/h1-2,4-5,8-9H,3,6-7,10-11H2,(H,25,26). The normalized spacial score (nSPS) is 13.2. The summed E-state index contributed by atoms with van der Waals surface area (Å²) in [6.45, 7) is -0.0801. The third kappa shape index (κ3) is 6.42. The van der Waals surface area contributed by atoms with Gasteiger partial charge in [0.2, 0.25) is 0 Å². The molecule has 2 aromatic rings. The highest BCUT2D eigenvalue weighted by Crippen LogP contribution is 2.38. The molecule has 0 fully saturated rings. The molecule has 1 amide bonds. The predicted molar refractivity (Wildman–Crippen MR) is 102 cm³/mol. The highest BCUT2D eigenvalue weighted by Gasteiger charge is 2.32. The second kappa shape index (κ2) is 9.78. The summed E-state index contributed by atoms with van der Waals surface area (Å²) in [6, 6.07) is 8.10. The van der Waals surface area contributed by atoms with Crippen LogP contribution in [-0.2, 0) is 16.1 Å². The lowest BCUT2D eigenvalue weighted by molar-refractivity contribution is -0.274. The van der Waals surface area contributed by atoms with Gasteiger partial charge in [-0.15, -0.1) is 13.2 Å². The summed E-state index contributed by atoms with van der Waals surface area (Å²) in [7, 11) is 0. The average molecular weight is 460 g/mol. The Morgan fingerprint density at radius 1 is 1.13 bits per heavy atom. The number of para-hydroxylation sites is 1. The molecule has 0 spiro atoms. The monoisotopic (exact) mass is 459 g/mol. The van der Waals surface area contributed by atoms with Crippen molar-refractivity contribution < 1.29 is 41.7 Å². The fourth-order valence-corrected chi connectivity index (χ4v) is 2.95. The number of halogens is 4. The van der Waals surface area contributed by atoms with Gasteiger partial charge in [0.05, 0.1) is 23.8 Å². The third-order valence-electron chi connectivity index (χ3n) is 4.05. The van der Waals surface area contributed by atoms with Crippen LogP contribution in [0.15, 0.2) is 36.4 Å². The number of hydrogen-bond donors (Lipinski definition) is 1. The first-order valence-corrected chi connectivity index (χ1v) is 9.47. The number of rotatable bonds is 6. The Morgan fingerprint density at radius 3 is 2.65 bits per heavy atom. The molecule has 11 heteroatoms. The molecule has 166 valence electrons. The van der Waals surface area contributed by atoms with Gasteiger partial charge in [0, 0.05) is 18.5 Å². The van der Waals surface area contributed by atoms with Crippen LogP contribution >= 0.6 is 11.6 Å². The highest BCUT2D eigenvalue weighted by atomic mass is 35.5. The van der Waals surface area contributed by atoms with Crippen molar-refractivity contribution in [3.8, 4) is 17.2 Å². The minimum Gasteiger partial charge on any atom is -0.489 e. The first-order chi connectivity index (χ1) is 14.7. The molecule has 0 atom stereocenters. The van der Waals surface area contributed by atoms with Gasteiger partial charge in [-0.3, -0.25) is 4.79 Å². The Morgan fingerprint density at radius 2 is 1.87 bits per heavy atom. The molecule has 0 aromatic heterocycles. The zero-order valence-corrected chi connectivity index (χ0v) is 16.7. The lowest BCUT2D eigenvalue weighted by Gasteiger charge is -2.14. The lowest BCUT2D eigenvalue weighted by Crippen LogP contribution is -2.29. The number of fused-ring (bicyclic) bond motifs is 1. The summed E-state index contributed by atoms with van der Waals surface area (Å²) in [5, 5.41) is 2.53. The minimum absolute atomic E-state index is 0.0611. The van der Waals surface area contributed by atoms with E-state index >= 15 is 0 Å². The van der Waals surface area contributed by atoms with Crippen molar-refractivity contribution in [3.05, 3.63) is 52.5 Å². The number of benzene rings is 2. The summed E-state index contributed by atoms with van der Waals surface area (Å²) in [5.41, 5.74) is 0.167. The topological polar surface area (TPSA) is 83.1 Å². The first-order valence-electron chi connectivity index (χ1n) is 9.09. The van der Waals surface area contributed by atoms with E-state index < -0.39 is 30.6 Å². The van der Waals surface area contributed by atoms with Gasteiger partial charge in [0.1, 0.15) is 5.75 Å². The Bertz CT molecular complexity index is 966. The maximum absolute atomic E-state index is 12.5. The second-order valence-corrected chi connectivity index (χ2v) is 6.75. The largest absolute Gasteiger partial charge is 0.573 e. The van der Waals surface area contributed by atoms with Crippen LogP contribution in [0.4, 0.5) is 13.2 Å². The second-order valence-electron chi connectivity index (χ2n) is 6.34. The Balaban J connectivity index is 1.55. The smallest absolute Gasteiger partial charge is 0.489 e. The summed E-state index contributed by atoms with van der Waals surface area (Å²) >= 11 is 6.12. The van der Waals surface area contributed by atoms with Gasteiger partial charge < -0.3 is 24.3 Å². The predicted octanol–water partition coefficient (Wildman–Crippen LogP) is 3.87. The van der Waals surface area contributed by atoms with E-state index in [4.69, 9.17) is 25.8 Å². The number of carbonyl (C=O) groups excluding carboxylic acids is 2. The number of amides is 1. The van der Waals surface area contributed by atoms with Crippen molar-refractivity contribution in [2.45, 2.75) is 19.3 Å². The van der Waals surface area contributed by atoms with Crippen molar-refractivity contribution in [2.75, 3.05) is 19.8 Å². The van der Waals surface area contributed by atoms with E-state index in [0.29, 0.717) is 31.1 Å². The average Bonchev–Trinajstić information content (AvgIpc) is 2.96. The number of hydrogen-bond acceptors (Lipinski definition) is 6. The molecule has 1 aliphatic rings. The van der Waals surface area contributed by atoms with E-state index in [9.17, 15) is 22.8 Å². The molecular formula is C20H17ClF3NO6. The molecule has 0 saturated heterocycles. The lowest BCUT2D eigenvalue weighted by atomic mass is 10.2. The third-order valence-corrected chi connectivity index (χ3v) is 4.33. The summed E-state index contributed by atoms with van der Waals surface area (Å²) in [6.07, 6.45) is -4.21. The number of nitrogens with one attached hydrogen (secondary N) is 1. The van der Waals surface area contributed by atoms with Gasteiger partial charge in [-0.1, -0.05) is 29.8 Å². The van der Waals surface area contributed by atoms with E-state index in [1.165, 1.54) is 30.3 Å². The van der Waals surface area contributed by atoms with Gasteiger partial charge in [0.15, 0.2) is 18.1 Å². The van der Waals surface area contributed by atoms with Crippen LogP contribution in [0.25, 0.3) is 0 Å². The van der Waals surface area contributed by atoms with Crippen LogP contribution in [0.5, 0.6) is 17.2 Å². The fraction of sp³-hybridized carbons (Fsp3) is 0.300. The van der Waals surface area contributed by atoms with Crippen LogP contribution in [0.2, 0.25) is 5.02 Å². The highest BCUT2D eigenvalue weighted by molar-refractivity contribution is 6.32. The Hall–Kier alpha value is -3.14. The van der Waals surface area contributed by atoms with Crippen molar-refractivity contribution in [2.24, 2.45) is 0 Å². The van der Waals surface area contributed by atoms with Crippen LogP contribution in [0, 0.1) is 0 Å². The summed E-state index contributed by atoms with van der Waals surface area (Å²) < 4.78 is 57.2. The molecule has 0 bridgehead atoms. The molecule has 2 aromatic carbocycles. The van der Waals surface area contributed by atoms with Crippen LogP contribution in [0.1, 0.15) is 22.3 Å². The number of carbonyl (C=O) groups is 2. The fourth-order valence-electron chi connectivity index (χ4n) is 2.68. The minimum atomic E-state index is -4.86. The van der Waals surface area contributed by atoms with Crippen LogP contribution in [0.3, 0.4) is 0 Å². The van der Waals surface area contributed by atoms with E-state index in [1.54, 1.807) is 0 Å². The zero-order chi connectivity index (χ0) is 22.4. The Labute approximate surface area is 180 Å². The van der Waals surface area contributed by atoms with Gasteiger partial charge in [-0.2, -0.15) is 0 Å². The van der Waals surface area contributed by atoms with Gasteiger partial charge >= 0.3 is 12.3 Å². The summed E-state index contributed by atoms with van der Waals surface area (Å²) in [5.74, 6) is -1.35. The molecule has 0 saturated carbocycles. The molecule has 1 N–H and O–H groups in total. The summed E-state index contributed by atoms with van der Waals surface area (Å²) in [4.78, 5) is 24.2. The van der Waals surface area contributed by atoms with E-state index in [0.717, 1.165) is 6.07 Å². The van der Waals surface area contributed by atoms with Gasteiger partial charge in [0.25, 0.3) is 5.91 Å². The SMILES string of the molecule is O=C(COC(=O)c1cc(Cl)c2c(c1)OCCCO2)NCc1ccccc1OC(F)(F)F. The Kier molecular flexibility index (Phi) is 7.11. The van der Waals surface area contributed by atoms with Crippen LogP contribution < -0.4 is 19.5 Å². The molecule has 7 nitrogen and oxygen atoms in total. The van der Waals surface area contributed by atoms with Gasteiger partial charge in [-0.25, -0.2) is 4.79 Å². The maximum atomic E-state index is 12.5.